The molecular formula is C33H34F2N4O5S. The van der Waals surface area contributed by atoms with Crippen LogP contribution in [0.25, 0.3) is 17.4 Å². The van der Waals surface area contributed by atoms with Gasteiger partial charge in [-0.3, -0.25) is 4.79 Å². The number of aliphatic hydroxyl groups is 1. The highest BCUT2D eigenvalue weighted by molar-refractivity contribution is 7.89. The third-order valence-corrected chi connectivity index (χ3v) is 10.5. The minimum Gasteiger partial charge on any atom is -0.384 e. The molecule has 12 heteroatoms. The lowest BCUT2D eigenvalue weighted by Gasteiger charge is -2.30. The van der Waals surface area contributed by atoms with Gasteiger partial charge in [0.1, 0.15) is 21.9 Å². The van der Waals surface area contributed by atoms with Gasteiger partial charge < -0.3 is 19.5 Å². The van der Waals surface area contributed by atoms with Crippen molar-refractivity contribution in [2.75, 3.05) is 5.32 Å². The van der Waals surface area contributed by atoms with Crippen LogP contribution in [0.4, 0.5) is 14.5 Å². The Morgan fingerprint density at radius 2 is 1.89 bits per heavy atom. The summed E-state index contributed by atoms with van der Waals surface area (Å²) in [7, 11) is -4.14. The maximum absolute atomic E-state index is 14.1. The van der Waals surface area contributed by atoms with Gasteiger partial charge in [0.25, 0.3) is 5.91 Å². The first-order valence-corrected chi connectivity index (χ1v) is 16.3. The van der Waals surface area contributed by atoms with Gasteiger partial charge in [0.15, 0.2) is 17.4 Å². The summed E-state index contributed by atoms with van der Waals surface area (Å²) in [5.74, 6) is -2.49. The average Bonchev–Trinajstić information content (AvgIpc) is 3.77. The first-order valence-electron chi connectivity index (χ1n) is 14.8. The van der Waals surface area contributed by atoms with Crippen LogP contribution in [0, 0.1) is 30.4 Å². The maximum Gasteiger partial charge on any atom is 0.272 e. The van der Waals surface area contributed by atoms with E-state index in [0.29, 0.717) is 23.6 Å². The molecule has 4 aromatic rings. The molecule has 4 unspecified atom stereocenters. The monoisotopic (exact) mass is 636 g/mol. The van der Waals surface area contributed by atoms with Crippen molar-refractivity contribution in [3.05, 3.63) is 95.0 Å². The van der Waals surface area contributed by atoms with Gasteiger partial charge in [-0.2, -0.15) is 0 Å². The van der Waals surface area contributed by atoms with E-state index in [-0.39, 0.29) is 46.6 Å². The summed E-state index contributed by atoms with van der Waals surface area (Å²) in [6, 6.07) is 13.7. The Hall–Kier alpha value is -4.13. The molecule has 236 valence electrons. The molecule has 3 heterocycles. The molecule has 1 amide bonds. The Bertz CT molecular complexity index is 1900. The number of anilines is 1. The van der Waals surface area contributed by atoms with Crippen molar-refractivity contribution < 1.29 is 31.6 Å². The molecule has 1 aliphatic carbocycles. The van der Waals surface area contributed by atoms with Gasteiger partial charge in [-0.15, -0.1) is 0 Å². The molecule has 6 rings (SSSR count). The fraction of sp³-hybridized carbons (Fsp3) is 0.333. The number of hydrogen-bond donors (Lipinski definition) is 3. The SMILES string of the molecule is Cc1c(S(=O)(=O)NC2C(C)CCC2CC(C)(O)c2cc(-c3ccccc3)on2)c2n(c1C(=O)Nc1ccc(F)c(F)c1)CC=C2. The van der Waals surface area contributed by atoms with Crippen LogP contribution in [0.5, 0.6) is 0 Å². The van der Waals surface area contributed by atoms with Crippen molar-refractivity contribution >= 4 is 27.7 Å². The van der Waals surface area contributed by atoms with Crippen molar-refractivity contribution in [2.24, 2.45) is 11.8 Å². The number of benzene rings is 2. The molecule has 2 aromatic carbocycles. The number of halogens is 2. The van der Waals surface area contributed by atoms with Gasteiger partial charge in [0, 0.05) is 41.5 Å². The third-order valence-electron chi connectivity index (χ3n) is 8.90. The highest BCUT2D eigenvalue weighted by atomic mass is 32.2. The molecule has 9 nitrogen and oxygen atoms in total. The van der Waals surface area contributed by atoms with Gasteiger partial charge in [-0.05, 0) is 63.2 Å². The fourth-order valence-electron chi connectivity index (χ4n) is 6.63. The molecule has 3 N–H and O–H groups in total. The number of sulfonamides is 1. The zero-order chi connectivity index (χ0) is 32.1. The number of aromatic nitrogens is 2. The number of fused-ring (bicyclic) bond motifs is 1. The van der Waals surface area contributed by atoms with E-state index in [9.17, 15) is 27.1 Å². The van der Waals surface area contributed by atoms with Crippen LogP contribution in [-0.4, -0.2) is 35.2 Å². The molecule has 0 spiro atoms. The van der Waals surface area contributed by atoms with Crippen LogP contribution in [0.2, 0.25) is 0 Å². The number of hydrogen-bond acceptors (Lipinski definition) is 6. The molecular weight excluding hydrogens is 602 g/mol. The summed E-state index contributed by atoms with van der Waals surface area (Å²) in [6.45, 7) is 5.47. The van der Waals surface area contributed by atoms with E-state index in [1.54, 1.807) is 36.6 Å². The van der Waals surface area contributed by atoms with Gasteiger partial charge in [-0.1, -0.05) is 48.5 Å². The summed E-state index contributed by atoms with van der Waals surface area (Å²) in [5.41, 5.74) is 0.572. The average molecular weight is 637 g/mol. The van der Waals surface area contributed by atoms with E-state index in [0.717, 1.165) is 24.1 Å². The molecule has 1 aliphatic heterocycles. The summed E-state index contributed by atoms with van der Waals surface area (Å²) in [6.07, 6.45) is 5.12. The lowest BCUT2D eigenvalue weighted by Crippen LogP contribution is -2.43. The van der Waals surface area contributed by atoms with Gasteiger partial charge in [0.2, 0.25) is 10.0 Å². The van der Waals surface area contributed by atoms with Gasteiger partial charge in [-0.25, -0.2) is 21.9 Å². The van der Waals surface area contributed by atoms with E-state index in [1.807, 2.05) is 37.3 Å². The topological polar surface area (TPSA) is 126 Å². The molecule has 2 aromatic heterocycles. The van der Waals surface area contributed by atoms with Gasteiger partial charge >= 0.3 is 0 Å². The minimum absolute atomic E-state index is 0.0135. The summed E-state index contributed by atoms with van der Waals surface area (Å²) >= 11 is 0. The second-order valence-corrected chi connectivity index (χ2v) is 13.8. The predicted octanol–water partition coefficient (Wildman–Crippen LogP) is 6.00. The van der Waals surface area contributed by atoms with Crippen LogP contribution in [-0.2, 0) is 22.2 Å². The number of carbonyl (C=O) groups is 1. The minimum atomic E-state index is -4.14. The van der Waals surface area contributed by atoms with E-state index < -0.39 is 39.2 Å². The van der Waals surface area contributed by atoms with E-state index >= 15 is 0 Å². The lowest BCUT2D eigenvalue weighted by molar-refractivity contribution is 0.0200. The smallest absolute Gasteiger partial charge is 0.272 e. The van der Waals surface area contributed by atoms with Crippen molar-refractivity contribution in [3.8, 4) is 11.3 Å². The zero-order valence-electron chi connectivity index (χ0n) is 25.1. The second-order valence-electron chi connectivity index (χ2n) is 12.2. The standard InChI is InChI=1S/C33H34F2N4O5S/c1-19-11-12-22(18-33(3,41)28-17-27(44-37-28)21-8-5-4-6-9-21)29(19)38-45(42,43)31-20(2)30(39-15-7-10-26(31)39)32(40)36-23-13-14-24(34)25(35)16-23/h4-10,13-14,16-17,19,22,29,38,41H,11-12,15,18H2,1-3H3,(H,36,40). The third kappa shape index (κ3) is 5.85. The number of rotatable bonds is 9. The molecule has 0 radical (unpaired) electrons. The van der Waals surface area contributed by atoms with Crippen LogP contribution < -0.4 is 10.0 Å². The molecule has 1 fully saturated rings. The van der Waals surface area contributed by atoms with Crippen LogP contribution >= 0.6 is 0 Å². The Kier molecular flexibility index (Phi) is 8.00. The Morgan fingerprint density at radius 3 is 2.62 bits per heavy atom. The number of carbonyl (C=O) groups excluding carboxylic acids is 1. The number of nitrogens with zero attached hydrogens (tertiary/aromatic N) is 2. The normalized spacial score (nSPS) is 20.7. The van der Waals surface area contributed by atoms with Crippen LogP contribution in [0.1, 0.15) is 60.5 Å². The number of nitrogens with one attached hydrogen (secondary N) is 2. The molecule has 1 saturated carbocycles. The number of allylic oxidation sites excluding steroid dienone is 1. The van der Waals surface area contributed by atoms with Crippen molar-refractivity contribution in [1.29, 1.82) is 0 Å². The zero-order valence-corrected chi connectivity index (χ0v) is 25.9. The predicted molar refractivity (Wildman–Crippen MR) is 165 cm³/mol. The molecule has 0 saturated heterocycles. The molecule has 0 bridgehead atoms. The Labute approximate surface area is 260 Å². The van der Waals surface area contributed by atoms with Crippen LogP contribution in [0.3, 0.4) is 0 Å². The highest BCUT2D eigenvalue weighted by Crippen LogP contribution is 2.41. The summed E-state index contributed by atoms with van der Waals surface area (Å²) in [5, 5.41) is 18.2. The van der Waals surface area contributed by atoms with Crippen LogP contribution in [0.15, 0.2) is 70.1 Å². The Balaban J connectivity index is 1.24. The van der Waals surface area contributed by atoms with Crippen molar-refractivity contribution in [2.45, 2.75) is 63.1 Å². The van der Waals surface area contributed by atoms with E-state index in [4.69, 9.17) is 4.52 Å². The van der Waals surface area contributed by atoms with Crippen molar-refractivity contribution in [1.82, 2.24) is 14.4 Å². The highest BCUT2D eigenvalue weighted by Gasteiger charge is 2.43. The first kappa shape index (κ1) is 30.9. The molecule has 2 aliphatic rings. The maximum atomic E-state index is 14.1. The summed E-state index contributed by atoms with van der Waals surface area (Å²) in [4.78, 5) is 13.3. The quantitative estimate of drug-likeness (QED) is 0.207. The fourth-order valence-corrected chi connectivity index (χ4v) is 8.48. The number of amides is 1. The van der Waals surface area contributed by atoms with E-state index in [1.165, 1.54) is 6.07 Å². The second kappa shape index (κ2) is 11.7. The van der Waals surface area contributed by atoms with Gasteiger partial charge in [0.05, 0.1) is 5.69 Å². The largest absolute Gasteiger partial charge is 0.384 e. The summed E-state index contributed by atoms with van der Waals surface area (Å²) < 4.78 is 65.3. The first-order chi connectivity index (χ1) is 21.4. The molecule has 45 heavy (non-hydrogen) atoms. The lowest BCUT2D eigenvalue weighted by atomic mass is 9.85. The van der Waals surface area contributed by atoms with Crippen molar-refractivity contribution in [3.63, 3.8) is 0 Å². The Morgan fingerprint density at radius 1 is 1.13 bits per heavy atom. The molecule has 4 atom stereocenters. The van der Waals surface area contributed by atoms with E-state index in [2.05, 4.69) is 15.2 Å².